The molecule has 72 heavy (non-hydrogen) atoms. The molecule has 14 rings (SSSR count). The van der Waals surface area contributed by atoms with Gasteiger partial charge in [0.2, 0.25) is 0 Å². The molecule has 3 aliphatic rings. The third-order valence-electron chi connectivity index (χ3n) is 15.4. The summed E-state index contributed by atoms with van der Waals surface area (Å²) in [5.74, 6) is -0.0775. The van der Waals surface area contributed by atoms with E-state index in [4.69, 9.17) is 14.4 Å². The molecule has 0 saturated carbocycles. The van der Waals surface area contributed by atoms with Crippen molar-refractivity contribution >= 4 is 50.4 Å². The molecule has 0 aliphatic heterocycles. The van der Waals surface area contributed by atoms with Crippen molar-refractivity contribution in [2.45, 2.75) is 25.2 Å². The molecule has 3 heterocycles. The van der Waals surface area contributed by atoms with E-state index >= 15 is 0 Å². The normalized spacial score (nSPS) is 15.8. The fourth-order valence-electron chi connectivity index (χ4n) is 12.2. The standard InChI is InChI=1S/C67H48N4O/c1-43-25-31-52(41-68-43)70(49-33-27-47(28-34-49)45-15-5-3-6-16-45)51-37-38-56-60(39-51)67(58-22-12-9-19-54(58)55-20-10-13-23-59(55)67)61-40-62(65-57-21-11-14-24-63(57)72-66(65)64(56)61)71(53-32-26-44(2)69-42-53)50-35-29-48(30-36-50)46-17-7-4-8-18-46/h3-42,56,60H,1-2H3. The number of benzene rings is 8. The summed E-state index contributed by atoms with van der Waals surface area (Å²) in [6.07, 6.45) is 11.4. The topological polar surface area (TPSA) is 45.4 Å². The van der Waals surface area contributed by atoms with Crippen molar-refractivity contribution in [3.05, 3.63) is 282 Å². The summed E-state index contributed by atoms with van der Waals surface area (Å²) < 4.78 is 7.34. The zero-order valence-corrected chi connectivity index (χ0v) is 39.9. The van der Waals surface area contributed by atoms with Crippen molar-refractivity contribution in [3.63, 3.8) is 0 Å². The summed E-state index contributed by atoms with van der Waals surface area (Å²) in [5, 5.41) is 2.16. The summed E-state index contributed by atoms with van der Waals surface area (Å²) >= 11 is 0. The van der Waals surface area contributed by atoms with Gasteiger partial charge in [-0.15, -0.1) is 0 Å². The Balaban J connectivity index is 1.04. The van der Waals surface area contributed by atoms with Crippen molar-refractivity contribution in [2.24, 2.45) is 5.92 Å². The minimum Gasteiger partial charge on any atom is -0.456 e. The van der Waals surface area contributed by atoms with Gasteiger partial charge in [-0.05, 0) is 131 Å². The van der Waals surface area contributed by atoms with Crippen LogP contribution in [0, 0.1) is 19.8 Å². The third-order valence-corrected chi connectivity index (χ3v) is 15.4. The predicted molar refractivity (Wildman–Crippen MR) is 295 cm³/mol. The van der Waals surface area contributed by atoms with Crippen molar-refractivity contribution < 1.29 is 4.42 Å². The lowest BCUT2D eigenvalue weighted by Crippen LogP contribution is -2.34. The molecular formula is C67H48N4O. The van der Waals surface area contributed by atoms with E-state index < -0.39 is 5.41 Å². The summed E-state index contributed by atoms with van der Waals surface area (Å²) in [4.78, 5) is 14.6. The quantitative estimate of drug-likeness (QED) is 0.152. The van der Waals surface area contributed by atoms with Crippen LogP contribution in [0.1, 0.15) is 39.6 Å². The average Bonchev–Trinajstić information content (AvgIpc) is 4.08. The van der Waals surface area contributed by atoms with Gasteiger partial charge in [-0.1, -0.05) is 164 Å². The highest BCUT2D eigenvalue weighted by molar-refractivity contribution is 6.15. The summed E-state index contributed by atoms with van der Waals surface area (Å²) in [7, 11) is 0. The Kier molecular flexibility index (Phi) is 9.62. The molecule has 5 nitrogen and oxygen atoms in total. The first-order valence-corrected chi connectivity index (χ1v) is 24.9. The first-order chi connectivity index (χ1) is 35.5. The number of allylic oxidation sites excluding steroid dienone is 3. The summed E-state index contributed by atoms with van der Waals surface area (Å²) in [5.41, 5.74) is 21.6. The smallest absolute Gasteiger partial charge is 0.141 e. The Bertz CT molecular complexity index is 3880. The van der Waals surface area contributed by atoms with Crippen LogP contribution in [0.3, 0.4) is 0 Å². The van der Waals surface area contributed by atoms with Gasteiger partial charge in [-0.25, -0.2) is 0 Å². The first kappa shape index (κ1) is 41.9. The Morgan fingerprint density at radius 3 is 1.56 bits per heavy atom. The zero-order valence-electron chi connectivity index (χ0n) is 39.9. The van der Waals surface area contributed by atoms with Gasteiger partial charge < -0.3 is 14.2 Å². The van der Waals surface area contributed by atoms with E-state index in [1.54, 1.807) is 0 Å². The van der Waals surface area contributed by atoms with E-state index in [9.17, 15) is 0 Å². The minimum atomic E-state index is -0.603. The Morgan fingerprint density at radius 1 is 0.472 bits per heavy atom. The van der Waals surface area contributed by atoms with Gasteiger partial charge in [0.1, 0.15) is 11.2 Å². The second-order valence-corrected chi connectivity index (χ2v) is 19.4. The van der Waals surface area contributed by atoms with Crippen LogP contribution in [0.5, 0.6) is 0 Å². The number of aryl methyl sites for hydroxylation is 2. The molecule has 2 unspecified atom stereocenters. The molecule has 8 aromatic carbocycles. The fraction of sp³-hybridized carbons (Fsp3) is 0.0746. The average molecular weight is 925 g/mol. The number of aromatic nitrogens is 2. The van der Waals surface area contributed by atoms with Gasteiger partial charge in [-0.3, -0.25) is 9.97 Å². The lowest BCUT2D eigenvalue weighted by molar-refractivity contribution is 0.462. The Labute approximate surface area is 419 Å². The molecular weight excluding hydrogens is 877 g/mol. The summed E-state index contributed by atoms with van der Waals surface area (Å²) in [6, 6.07) is 77.0. The van der Waals surface area contributed by atoms with Crippen LogP contribution in [0.15, 0.2) is 253 Å². The first-order valence-electron chi connectivity index (χ1n) is 24.9. The number of rotatable bonds is 8. The van der Waals surface area contributed by atoms with Crippen molar-refractivity contribution in [1.29, 1.82) is 0 Å². The molecule has 2 atom stereocenters. The van der Waals surface area contributed by atoms with Crippen molar-refractivity contribution in [3.8, 4) is 33.4 Å². The van der Waals surface area contributed by atoms with Crippen LogP contribution >= 0.6 is 0 Å². The molecule has 3 aliphatic carbocycles. The van der Waals surface area contributed by atoms with E-state index in [0.717, 1.165) is 73.0 Å². The number of nitrogens with zero attached hydrogens (tertiary/aromatic N) is 4. The van der Waals surface area contributed by atoms with Crippen molar-refractivity contribution in [1.82, 2.24) is 9.97 Å². The molecule has 3 aromatic heterocycles. The largest absolute Gasteiger partial charge is 0.456 e. The Morgan fingerprint density at radius 2 is 0.972 bits per heavy atom. The fourth-order valence-corrected chi connectivity index (χ4v) is 12.2. The number of hydrogen-bond donors (Lipinski definition) is 0. The van der Waals surface area contributed by atoms with E-state index in [1.807, 2.05) is 26.2 Å². The number of pyridine rings is 2. The number of hydrogen-bond acceptors (Lipinski definition) is 5. The zero-order chi connectivity index (χ0) is 47.9. The van der Waals surface area contributed by atoms with Gasteiger partial charge in [0, 0.05) is 51.2 Å². The maximum Gasteiger partial charge on any atom is 0.141 e. The van der Waals surface area contributed by atoms with Crippen LogP contribution < -0.4 is 9.80 Å². The van der Waals surface area contributed by atoms with E-state index in [1.165, 1.54) is 50.1 Å². The molecule has 0 saturated heterocycles. The molecule has 0 amide bonds. The molecule has 5 heteroatoms. The molecule has 342 valence electrons. The van der Waals surface area contributed by atoms with Crippen LogP contribution in [0.25, 0.3) is 55.3 Å². The molecule has 11 aromatic rings. The number of anilines is 5. The van der Waals surface area contributed by atoms with E-state index in [0.29, 0.717) is 0 Å². The number of furan rings is 1. The second kappa shape index (κ2) is 16.5. The molecule has 0 radical (unpaired) electrons. The minimum absolute atomic E-state index is 0.0295. The lowest BCUT2D eigenvalue weighted by atomic mass is 9.65. The highest BCUT2D eigenvalue weighted by Gasteiger charge is 2.59. The van der Waals surface area contributed by atoms with Crippen LogP contribution in [-0.2, 0) is 5.41 Å². The van der Waals surface area contributed by atoms with E-state index in [-0.39, 0.29) is 11.8 Å². The van der Waals surface area contributed by atoms with Crippen LogP contribution in [0.4, 0.5) is 28.4 Å². The molecule has 0 bridgehead atoms. The monoisotopic (exact) mass is 924 g/mol. The van der Waals surface area contributed by atoms with E-state index in [2.05, 4.69) is 240 Å². The highest BCUT2D eigenvalue weighted by atomic mass is 16.3. The molecule has 0 N–H and O–H groups in total. The van der Waals surface area contributed by atoms with Gasteiger partial charge in [-0.2, -0.15) is 0 Å². The molecule has 0 fully saturated rings. The highest BCUT2D eigenvalue weighted by Crippen LogP contribution is 2.68. The second-order valence-electron chi connectivity index (χ2n) is 19.4. The maximum atomic E-state index is 7.34. The van der Waals surface area contributed by atoms with Crippen molar-refractivity contribution in [2.75, 3.05) is 9.80 Å². The number of fused-ring (bicyclic) bond motifs is 14. The van der Waals surface area contributed by atoms with Gasteiger partial charge in [0.15, 0.2) is 0 Å². The maximum absolute atomic E-state index is 7.34. The Hall–Kier alpha value is -9.06. The SMILES string of the molecule is Cc1ccc(N(C2=CC3C(C=C2)c2c(cc(N(c4ccc(-c5ccccc5)cc4)c4ccc(C)nc4)c4c2oc2ccccc24)C32c3ccccc3-c3ccccc32)c2ccc(-c3ccccc3)cc2)cn1. The predicted octanol–water partition coefficient (Wildman–Crippen LogP) is 17.1. The van der Waals surface area contributed by atoms with Crippen LogP contribution in [-0.4, -0.2) is 9.97 Å². The van der Waals surface area contributed by atoms with Gasteiger partial charge >= 0.3 is 0 Å². The number of para-hydroxylation sites is 1. The van der Waals surface area contributed by atoms with Gasteiger partial charge in [0.05, 0.1) is 40.3 Å². The van der Waals surface area contributed by atoms with Gasteiger partial charge in [0.25, 0.3) is 0 Å². The molecule has 1 spiro atoms. The summed E-state index contributed by atoms with van der Waals surface area (Å²) in [6.45, 7) is 4.09. The van der Waals surface area contributed by atoms with Crippen LogP contribution in [0.2, 0.25) is 0 Å². The lowest BCUT2D eigenvalue weighted by Gasteiger charge is -2.38. The third kappa shape index (κ3) is 6.40.